The number of hydrogen-bond donors (Lipinski definition) is 1. The summed E-state index contributed by atoms with van der Waals surface area (Å²) < 4.78 is 0. The Morgan fingerprint density at radius 1 is 1.16 bits per heavy atom. The second kappa shape index (κ2) is 5.69. The summed E-state index contributed by atoms with van der Waals surface area (Å²) in [6.45, 7) is 1.78. The first-order valence-corrected chi connectivity index (χ1v) is 6.23. The average molecular weight is 318 g/mol. The van der Waals surface area contributed by atoms with Crippen LogP contribution in [0, 0.1) is 6.92 Å². The van der Waals surface area contributed by atoms with Gasteiger partial charge in [-0.1, -0.05) is 34.8 Å². The van der Waals surface area contributed by atoms with Crippen LogP contribution < -0.4 is 5.32 Å². The number of nitrogens with one attached hydrogen (secondary N) is 1. The maximum atomic E-state index is 12.0. The predicted octanol–water partition coefficient (Wildman–Crippen LogP) is 3.39. The van der Waals surface area contributed by atoms with Crippen LogP contribution in [0.25, 0.3) is 0 Å². The fourth-order valence-corrected chi connectivity index (χ4v) is 1.77. The molecule has 0 saturated heterocycles. The Kier molecular flexibility index (Phi) is 4.19. The summed E-state index contributed by atoms with van der Waals surface area (Å²) in [7, 11) is 0. The van der Waals surface area contributed by atoms with E-state index in [1.165, 1.54) is 12.3 Å². The normalized spacial score (nSPS) is 10.3. The van der Waals surface area contributed by atoms with Gasteiger partial charge < -0.3 is 5.32 Å². The van der Waals surface area contributed by atoms with Crippen LogP contribution in [-0.2, 0) is 0 Å². The van der Waals surface area contributed by atoms with Crippen molar-refractivity contribution in [2.24, 2.45) is 0 Å². The van der Waals surface area contributed by atoms with Crippen molar-refractivity contribution in [1.29, 1.82) is 0 Å². The molecule has 1 N–H and O–H groups in total. The van der Waals surface area contributed by atoms with Crippen LogP contribution in [-0.4, -0.2) is 21.1 Å². The van der Waals surface area contributed by atoms with Gasteiger partial charge in [0, 0.05) is 0 Å². The molecule has 0 aliphatic carbocycles. The van der Waals surface area contributed by atoms with Gasteiger partial charge in [-0.25, -0.2) is 4.98 Å². The quantitative estimate of drug-likeness (QED) is 0.862. The first kappa shape index (κ1) is 14.0. The van der Waals surface area contributed by atoms with Gasteiger partial charge >= 0.3 is 0 Å². The number of nitrogens with zero attached hydrogens (tertiary/aromatic N) is 3. The van der Waals surface area contributed by atoms with Gasteiger partial charge in [0.25, 0.3) is 5.91 Å². The number of anilines is 1. The molecule has 0 radical (unpaired) electrons. The number of hydrogen-bond acceptors (Lipinski definition) is 4. The summed E-state index contributed by atoms with van der Waals surface area (Å²) in [6.07, 6.45) is 1.44. The van der Waals surface area contributed by atoms with E-state index in [4.69, 9.17) is 34.8 Å². The molecule has 2 heterocycles. The molecule has 2 rings (SSSR count). The SMILES string of the molecule is Cc1cc(NC(=O)c2cc(Cl)nnc2Cl)cnc1Cl. The Morgan fingerprint density at radius 3 is 2.58 bits per heavy atom. The Hall–Kier alpha value is -1.43. The topological polar surface area (TPSA) is 67.8 Å². The first-order chi connectivity index (χ1) is 8.97. The Balaban J connectivity index is 2.25. The minimum atomic E-state index is -0.453. The van der Waals surface area contributed by atoms with E-state index in [0.717, 1.165) is 5.56 Å². The van der Waals surface area contributed by atoms with Crippen LogP contribution in [0.1, 0.15) is 15.9 Å². The molecule has 8 heteroatoms. The van der Waals surface area contributed by atoms with Gasteiger partial charge in [0.15, 0.2) is 10.3 Å². The molecule has 1 amide bonds. The highest BCUT2D eigenvalue weighted by atomic mass is 35.5. The number of rotatable bonds is 2. The molecule has 5 nitrogen and oxygen atoms in total. The Morgan fingerprint density at radius 2 is 1.89 bits per heavy atom. The van der Waals surface area contributed by atoms with Crippen molar-refractivity contribution < 1.29 is 4.79 Å². The Labute approximate surface area is 123 Å². The lowest BCUT2D eigenvalue weighted by molar-refractivity contribution is 0.102. The third-order valence-electron chi connectivity index (χ3n) is 2.24. The summed E-state index contributed by atoms with van der Waals surface area (Å²) in [4.78, 5) is 15.9. The van der Waals surface area contributed by atoms with E-state index < -0.39 is 5.91 Å². The van der Waals surface area contributed by atoms with Crippen LogP contribution >= 0.6 is 34.8 Å². The highest BCUT2D eigenvalue weighted by Crippen LogP contribution is 2.19. The van der Waals surface area contributed by atoms with Gasteiger partial charge in [-0.15, -0.1) is 10.2 Å². The van der Waals surface area contributed by atoms with Gasteiger partial charge in [0.1, 0.15) is 5.15 Å². The second-order valence-corrected chi connectivity index (χ2v) is 4.76. The highest BCUT2D eigenvalue weighted by Gasteiger charge is 2.14. The molecule has 2 aromatic heterocycles. The van der Waals surface area contributed by atoms with Crippen LogP contribution in [0.4, 0.5) is 5.69 Å². The zero-order valence-electron chi connectivity index (χ0n) is 9.62. The lowest BCUT2D eigenvalue weighted by Crippen LogP contribution is -2.14. The van der Waals surface area contributed by atoms with Gasteiger partial charge in [0.05, 0.1) is 17.4 Å². The average Bonchev–Trinajstić information content (AvgIpc) is 2.36. The molecule has 0 fully saturated rings. The predicted molar refractivity (Wildman–Crippen MR) is 74.0 cm³/mol. The van der Waals surface area contributed by atoms with Crippen molar-refractivity contribution in [3.05, 3.63) is 44.9 Å². The van der Waals surface area contributed by atoms with Gasteiger partial charge in [-0.3, -0.25) is 4.79 Å². The third kappa shape index (κ3) is 3.32. The molecule has 0 atom stereocenters. The number of pyridine rings is 1. The largest absolute Gasteiger partial charge is 0.320 e. The van der Waals surface area contributed by atoms with Gasteiger partial charge in [-0.2, -0.15) is 0 Å². The zero-order valence-corrected chi connectivity index (χ0v) is 11.9. The maximum absolute atomic E-state index is 12.0. The number of carbonyl (C=O) groups excluding carboxylic acids is 1. The lowest BCUT2D eigenvalue weighted by atomic mass is 10.2. The summed E-state index contributed by atoms with van der Waals surface area (Å²) in [5.41, 5.74) is 1.38. The fourth-order valence-electron chi connectivity index (χ4n) is 1.34. The number of aryl methyl sites for hydroxylation is 1. The molecule has 0 aromatic carbocycles. The summed E-state index contributed by atoms with van der Waals surface area (Å²) >= 11 is 17.3. The van der Waals surface area contributed by atoms with Crippen molar-refractivity contribution in [2.45, 2.75) is 6.92 Å². The van der Waals surface area contributed by atoms with Gasteiger partial charge in [-0.05, 0) is 24.6 Å². The van der Waals surface area contributed by atoms with E-state index in [1.807, 2.05) is 0 Å². The van der Waals surface area contributed by atoms with E-state index >= 15 is 0 Å². The molecule has 0 spiro atoms. The van der Waals surface area contributed by atoms with Crippen molar-refractivity contribution >= 4 is 46.4 Å². The number of halogens is 3. The smallest absolute Gasteiger partial charge is 0.259 e. The van der Waals surface area contributed by atoms with Crippen LogP contribution in [0.15, 0.2) is 18.3 Å². The maximum Gasteiger partial charge on any atom is 0.259 e. The minimum absolute atomic E-state index is 0.0273. The van der Waals surface area contributed by atoms with E-state index in [9.17, 15) is 4.79 Å². The summed E-state index contributed by atoms with van der Waals surface area (Å²) in [5, 5.41) is 10.1. The lowest BCUT2D eigenvalue weighted by Gasteiger charge is -2.07. The van der Waals surface area contributed by atoms with E-state index in [-0.39, 0.29) is 15.9 Å². The van der Waals surface area contributed by atoms with Crippen LogP contribution in [0.2, 0.25) is 15.5 Å². The standard InChI is InChI=1S/C11H7Cl3N4O/c1-5-2-6(4-15-9(5)13)16-11(19)7-3-8(12)17-18-10(7)14/h2-4H,1H3,(H,16,19). The highest BCUT2D eigenvalue weighted by molar-refractivity contribution is 6.34. The summed E-state index contributed by atoms with van der Waals surface area (Å²) in [5.74, 6) is -0.453. The minimum Gasteiger partial charge on any atom is -0.320 e. The molecule has 2 aromatic rings. The molecule has 0 bridgehead atoms. The molecular weight excluding hydrogens is 311 g/mol. The second-order valence-electron chi connectivity index (χ2n) is 3.66. The number of carbonyl (C=O) groups is 1. The summed E-state index contributed by atoms with van der Waals surface area (Å²) in [6, 6.07) is 3.03. The number of aromatic nitrogens is 3. The van der Waals surface area contributed by atoms with Crippen LogP contribution in [0.5, 0.6) is 0 Å². The number of amides is 1. The van der Waals surface area contributed by atoms with Crippen molar-refractivity contribution in [2.75, 3.05) is 5.32 Å². The first-order valence-electron chi connectivity index (χ1n) is 5.09. The van der Waals surface area contributed by atoms with Crippen molar-refractivity contribution in [3.63, 3.8) is 0 Å². The molecule has 19 heavy (non-hydrogen) atoms. The van der Waals surface area contributed by atoms with E-state index in [0.29, 0.717) is 10.8 Å². The molecule has 98 valence electrons. The van der Waals surface area contributed by atoms with Crippen LogP contribution in [0.3, 0.4) is 0 Å². The third-order valence-corrected chi connectivity index (χ3v) is 3.10. The molecule has 0 saturated carbocycles. The molecular formula is C11H7Cl3N4O. The monoisotopic (exact) mass is 316 g/mol. The van der Waals surface area contributed by atoms with E-state index in [2.05, 4.69) is 20.5 Å². The van der Waals surface area contributed by atoms with Crippen molar-refractivity contribution in [3.8, 4) is 0 Å². The molecule has 0 aliphatic heterocycles. The molecule has 0 aliphatic rings. The van der Waals surface area contributed by atoms with Crippen molar-refractivity contribution in [1.82, 2.24) is 15.2 Å². The van der Waals surface area contributed by atoms with Gasteiger partial charge in [0.2, 0.25) is 0 Å². The Bertz CT molecular complexity index is 648. The zero-order chi connectivity index (χ0) is 14.0. The molecule has 0 unspecified atom stereocenters. The fraction of sp³-hybridized carbons (Fsp3) is 0.0909. The van der Waals surface area contributed by atoms with E-state index in [1.54, 1.807) is 13.0 Å².